The smallest absolute Gasteiger partial charge is 0.267 e. The second-order valence-corrected chi connectivity index (χ2v) is 9.19. The quantitative estimate of drug-likeness (QED) is 0.393. The Labute approximate surface area is 214 Å². The Morgan fingerprint density at radius 2 is 1.89 bits per heavy atom. The topological polar surface area (TPSA) is 67.9 Å². The van der Waals surface area contributed by atoms with Gasteiger partial charge in [-0.3, -0.25) is 9.59 Å². The van der Waals surface area contributed by atoms with Gasteiger partial charge in [-0.1, -0.05) is 53.5 Å². The summed E-state index contributed by atoms with van der Waals surface area (Å²) >= 11 is 12.1. The summed E-state index contributed by atoms with van der Waals surface area (Å²) in [5, 5.41) is 3.65. The van der Waals surface area contributed by atoms with Gasteiger partial charge in [0.05, 0.1) is 10.7 Å². The van der Waals surface area contributed by atoms with E-state index < -0.39 is 12.2 Å². The first-order chi connectivity index (χ1) is 16.8. The van der Waals surface area contributed by atoms with Crippen LogP contribution in [-0.4, -0.2) is 30.6 Å². The standard InChI is InChI=1S/C27H26Cl2N2O4/c1-17(34-24-12-10-20(28)15-22(24)29)26(32)30-21-11-13-25-23(16-21)31(27(33)18(2)35-25)14-6-9-19-7-4-3-5-8-19/h3-5,7-8,10-13,15-18H,6,9,14H2,1-2H3,(H,30,32). The molecule has 35 heavy (non-hydrogen) atoms. The number of benzene rings is 3. The van der Waals surface area contributed by atoms with Gasteiger partial charge in [0.2, 0.25) is 0 Å². The third-order valence-corrected chi connectivity index (χ3v) is 6.22. The van der Waals surface area contributed by atoms with Gasteiger partial charge in [-0.25, -0.2) is 0 Å². The number of halogens is 2. The van der Waals surface area contributed by atoms with Gasteiger partial charge in [-0.05, 0) is 68.7 Å². The van der Waals surface area contributed by atoms with Crippen LogP contribution in [0.4, 0.5) is 11.4 Å². The molecule has 1 heterocycles. The van der Waals surface area contributed by atoms with Crippen LogP contribution in [0.25, 0.3) is 0 Å². The normalized spacial score (nSPS) is 15.7. The van der Waals surface area contributed by atoms with Crippen LogP contribution in [0.15, 0.2) is 66.7 Å². The number of anilines is 2. The molecule has 2 unspecified atom stereocenters. The number of hydrogen-bond donors (Lipinski definition) is 1. The summed E-state index contributed by atoms with van der Waals surface area (Å²) < 4.78 is 11.5. The van der Waals surface area contributed by atoms with E-state index in [4.69, 9.17) is 32.7 Å². The number of aryl methyl sites for hydroxylation is 1. The van der Waals surface area contributed by atoms with Crippen molar-refractivity contribution in [1.29, 1.82) is 0 Å². The zero-order valence-corrected chi connectivity index (χ0v) is 21.0. The minimum absolute atomic E-state index is 0.108. The minimum atomic E-state index is -0.815. The summed E-state index contributed by atoms with van der Waals surface area (Å²) in [6.07, 6.45) is 0.265. The summed E-state index contributed by atoms with van der Waals surface area (Å²) in [6.45, 7) is 3.91. The van der Waals surface area contributed by atoms with Crippen LogP contribution in [0.2, 0.25) is 10.0 Å². The summed E-state index contributed by atoms with van der Waals surface area (Å²) in [6, 6.07) is 20.2. The van der Waals surface area contributed by atoms with Crippen LogP contribution in [0.3, 0.4) is 0 Å². The molecule has 6 nitrogen and oxygen atoms in total. The molecule has 1 aliphatic heterocycles. The molecule has 0 spiro atoms. The van der Waals surface area contributed by atoms with Crippen LogP contribution in [0.1, 0.15) is 25.8 Å². The zero-order valence-electron chi connectivity index (χ0n) is 19.5. The Kier molecular flexibility index (Phi) is 7.83. The number of amides is 2. The fourth-order valence-corrected chi connectivity index (χ4v) is 4.31. The summed E-state index contributed by atoms with van der Waals surface area (Å²) in [7, 11) is 0. The lowest BCUT2D eigenvalue weighted by molar-refractivity contribution is -0.125. The van der Waals surface area contributed by atoms with Crippen LogP contribution in [0.5, 0.6) is 11.5 Å². The van der Waals surface area contributed by atoms with Crippen LogP contribution < -0.4 is 19.7 Å². The molecule has 4 rings (SSSR count). The van der Waals surface area contributed by atoms with E-state index in [0.717, 1.165) is 12.8 Å². The van der Waals surface area contributed by atoms with Crippen molar-refractivity contribution in [1.82, 2.24) is 0 Å². The summed E-state index contributed by atoms with van der Waals surface area (Å²) in [5.74, 6) is 0.500. The second-order valence-electron chi connectivity index (χ2n) is 8.35. The average Bonchev–Trinajstić information content (AvgIpc) is 2.84. The molecular weight excluding hydrogens is 487 g/mol. The van der Waals surface area contributed by atoms with Gasteiger partial charge in [-0.15, -0.1) is 0 Å². The minimum Gasteiger partial charge on any atom is -0.479 e. The van der Waals surface area contributed by atoms with Gasteiger partial charge in [0.25, 0.3) is 11.8 Å². The molecule has 2 atom stereocenters. The van der Waals surface area contributed by atoms with Crippen LogP contribution in [-0.2, 0) is 16.0 Å². The molecule has 0 bridgehead atoms. The fraction of sp³-hybridized carbons (Fsp3) is 0.259. The maximum absolute atomic E-state index is 12.9. The van der Waals surface area contributed by atoms with Gasteiger partial charge < -0.3 is 19.7 Å². The number of rotatable bonds is 8. The van der Waals surface area contributed by atoms with Crippen molar-refractivity contribution in [3.8, 4) is 11.5 Å². The first-order valence-electron chi connectivity index (χ1n) is 11.4. The van der Waals surface area contributed by atoms with Gasteiger partial charge in [0, 0.05) is 17.3 Å². The molecule has 0 saturated heterocycles. The maximum atomic E-state index is 12.9. The highest BCUT2D eigenvalue weighted by Gasteiger charge is 2.31. The molecule has 0 aromatic heterocycles. The molecular formula is C27H26Cl2N2O4. The van der Waals surface area contributed by atoms with Gasteiger partial charge in [-0.2, -0.15) is 0 Å². The first kappa shape index (κ1) is 24.9. The van der Waals surface area contributed by atoms with E-state index in [9.17, 15) is 9.59 Å². The molecule has 8 heteroatoms. The average molecular weight is 513 g/mol. The largest absolute Gasteiger partial charge is 0.479 e. The summed E-state index contributed by atoms with van der Waals surface area (Å²) in [4.78, 5) is 27.4. The van der Waals surface area contributed by atoms with Crippen molar-refractivity contribution in [3.05, 3.63) is 82.3 Å². The van der Waals surface area contributed by atoms with E-state index in [1.165, 1.54) is 5.56 Å². The number of ether oxygens (including phenoxy) is 2. The predicted octanol–water partition coefficient (Wildman–Crippen LogP) is 6.15. The van der Waals surface area contributed by atoms with Crippen molar-refractivity contribution in [2.75, 3.05) is 16.8 Å². The molecule has 0 radical (unpaired) electrons. The van der Waals surface area contributed by atoms with E-state index in [0.29, 0.717) is 39.5 Å². The zero-order chi connectivity index (χ0) is 24.9. The Bertz CT molecular complexity index is 1220. The van der Waals surface area contributed by atoms with Crippen molar-refractivity contribution < 1.29 is 19.1 Å². The lowest BCUT2D eigenvalue weighted by Gasteiger charge is -2.33. The molecule has 1 N–H and O–H groups in total. The van der Waals surface area contributed by atoms with Crippen molar-refractivity contribution in [3.63, 3.8) is 0 Å². The monoisotopic (exact) mass is 512 g/mol. The second kappa shape index (κ2) is 11.0. The number of hydrogen-bond acceptors (Lipinski definition) is 4. The maximum Gasteiger partial charge on any atom is 0.267 e. The highest BCUT2D eigenvalue weighted by molar-refractivity contribution is 6.35. The molecule has 3 aromatic carbocycles. The van der Waals surface area contributed by atoms with Crippen molar-refractivity contribution in [2.45, 2.75) is 38.9 Å². The van der Waals surface area contributed by atoms with Crippen LogP contribution >= 0.6 is 23.2 Å². The third-order valence-electron chi connectivity index (χ3n) is 5.69. The Hall–Kier alpha value is -3.22. The van der Waals surface area contributed by atoms with E-state index in [1.54, 1.807) is 55.1 Å². The van der Waals surface area contributed by atoms with E-state index in [1.807, 2.05) is 18.2 Å². The number of carbonyl (C=O) groups excluding carboxylic acids is 2. The van der Waals surface area contributed by atoms with E-state index in [-0.39, 0.29) is 11.8 Å². The number of nitrogens with one attached hydrogen (secondary N) is 1. The highest BCUT2D eigenvalue weighted by atomic mass is 35.5. The highest BCUT2D eigenvalue weighted by Crippen LogP contribution is 2.37. The molecule has 182 valence electrons. The van der Waals surface area contributed by atoms with E-state index in [2.05, 4.69) is 17.4 Å². The molecule has 0 saturated carbocycles. The molecule has 3 aromatic rings. The first-order valence-corrected chi connectivity index (χ1v) is 12.2. The van der Waals surface area contributed by atoms with Crippen LogP contribution in [0, 0.1) is 0 Å². The SMILES string of the molecule is CC(Oc1ccc(Cl)cc1Cl)C(=O)Nc1ccc2c(c1)N(CCCc1ccccc1)C(=O)C(C)O2. The molecule has 1 aliphatic rings. The van der Waals surface area contributed by atoms with Gasteiger partial charge in [0.15, 0.2) is 12.2 Å². The van der Waals surface area contributed by atoms with E-state index >= 15 is 0 Å². The molecule has 0 fully saturated rings. The number of carbonyl (C=O) groups is 2. The number of fused-ring (bicyclic) bond motifs is 1. The number of nitrogens with zero attached hydrogens (tertiary/aromatic N) is 1. The fourth-order valence-electron chi connectivity index (χ4n) is 3.86. The lowest BCUT2D eigenvalue weighted by Crippen LogP contribution is -2.45. The van der Waals surface area contributed by atoms with Crippen molar-refractivity contribution in [2.24, 2.45) is 0 Å². The Balaban J connectivity index is 1.45. The molecule has 2 amide bonds. The third kappa shape index (κ3) is 6.08. The predicted molar refractivity (Wildman–Crippen MR) is 139 cm³/mol. The molecule has 0 aliphatic carbocycles. The lowest BCUT2D eigenvalue weighted by atomic mass is 10.1. The Morgan fingerprint density at radius 1 is 1.11 bits per heavy atom. The Morgan fingerprint density at radius 3 is 2.63 bits per heavy atom. The summed E-state index contributed by atoms with van der Waals surface area (Å²) in [5.41, 5.74) is 2.39. The van der Waals surface area contributed by atoms with Gasteiger partial charge in [0.1, 0.15) is 11.5 Å². The van der Waals surface area contributed by atoms with Gasteiger partial charge >= 0.3 is 0 Å². The van der Waals surface area contributed by atoms with Crippen molar-refractivity contribution >= 4 is 46.4 Å².